The first-order chi connectivity index (χ1) is 14.2. The van der Waals surface area contributed by atoms with Gasteiger partial charge in [-0.25, -0.2) is 4.98 Å². The summed E-state index contributed by atoms with van der Waals surface area (Å²) in [6.07, 6.45) is 6.58. The Morgan fingerprint density at radius 1 is 1.17 bits per heavy atom. The molecule has 1 aromatic carbocycles. The Bertz CT molecular complexity index is 1370. The van der Waals surface area contributed by atoms with Crippen LogP contribution in [0.1, 0.15) is 17.4 Å². The van der Waals surface area contributed by atoms with Crippen LogP contribution in [0, 0.1) is 0 Å². The number of nitrogens with one attached hydrogen (secondary N) is 3. The van der Waals surface area contributed by atoms with Crippen LogP contribution in [0.2, 0.25) is 5.02 Å². The lowest BCUT2D eigenvalue weighted by molar-refractivity contribution is 0.101. The number of benzene rings is 1. The number of aryl methyl sites for hydroxylation is 1. The third kappa shape index (κ3) is 2.83. The molecule has 0 radical (unpaired) electrons. The van der Waals surface area contributed by atoms with Crippen molar-refractivity contribution in [1.29, 1.82) is 0 Å². The summed E-state index contributed by atoms with van der Waals surface area (Å²) in [7, 11) is 0. The lowest BCUT2D eigenvalue weighted by Gasteiger charge is -2.11. The van der Waals surface area contributed by atoms with Crippen molar-refractivity contribution in [2.45, 2.75) is 13.5 Å². The molecule has 10 heteroatoms. The Morgan fingerprint density at radius 2 is 2.00 bits per heavy atom. The first-order valence-electron chi connectivity index (χ1n) is 8.94. The summed E-state index contributed by atoms with van der Waals surface area (Å²) in [4.78, 5) is 17.2. The van der Waals surface area contributed by atoms with Gasteiger partial charge < -0.3 is 5.32 Å². The van der Waals surface area contributed by atoms with Crippen LogP contribution in [0.3, 0.4) is 0 Å². The number of H-pyrrole nitrogens is 2. The monoisotopic (exact) mass is 406 g/mol. The normalized spacial score (nSPS) is 11.4. The molecule has 0 aliphatic rings. The highest BCUT2D eigenvalue weighted by molar-refractivity contribution is 6.34. The summed E-state index contributed by atoms with van der Waals surface area (Å²) in [5, 5.41) is 23.1. The lowest BCUT2D eigenvalue weighted by atomic mass is 10.0. The van der Waals surface area contributed by atoms with Gasteiger partial charge in [-0.1, -0.05) is 11.6 Å². The number of halogens is 1. The van der Waals surface area contributed by atoms with Crippen molar-refractivity contribution >= 4 is 45.1 Å². The molecular weight excluding hydrogens is 392 g/mol. The molecule has 144 valence electrons. The molecule has 3 N–H and O–H groups in total. The van der Waals surface area contributed by atoms with E-state index in [4.69, 9.17) is 11.6 Å². The number of carbonyl (C=O) groups excluding carboxylic acids is 1. The molecule has 0 saturated carbocycles. The van der Waals surface area contributed by atoms with Gasteiger partial charge in [-0.05, 0) is 36.2 Å². The zero-order valence-corrected chi connectivity index (χ0v) is 16.0. The van der Waals surface area contributed by atoms with Crippen molar-refractivity contribution in [3.63, 3.8) is 0 Å². The number of pyridine rings is 1. The quantitative estimate of drug-likeness (QED) is 0.421. The van der Waals surface area contributed by atoms with Gasteiger partial charge >= 0.3 is 0 Å². The molecule has 1 amide bonds. The smallest absolute Gasteiger partial charge is 0.275 e. The SMILES string of the molecule is CCn1ncc(Cl)c1C(=O)Nc1cc(-c2ccnc3[nH]ncc23)cc2[nH]ncc12. The minimum atomic E-state index is -0.336. The van der Waals surface area contributed by atoms with Crippen molar-refractivity contribution < 1.29 is 4.79 Å². The van der Waals surface area contributed by atoms with Crippen LogP contribution < -0.4 is 5.32 Å². The Labute approximate surface area is 169 Å². The van der Waals surface area contributed by atoms with E-state index in [2.05, 4.69) is 35.8 Å². The molecule has 0 saturated heterocycles. The topological polar surface area (TPSA) is 117 Å². The maximum atomic E-state index is 12.9. The number of hydrogen-bond donors (Lipinski definition) is 3. The molecule has 9 nitrogen and oxygen atoms in total. The van der Waals surface area contributed by atoms with Crippen molar-refractivity contribution in [2.75, 3.05) is 5.32 Å². The first-order valence-corrected chi connectivity index (χ1v) is 9.31. The van der Waals surface area contributed by atoms with E-state index in [0.717, 1.165) is 27.4 Å². The van der Waals surface area contributed by atoms with Gasteiger partial charge in [0.2, 0.25) is 0 Å². The Morgan fingerprint density at radius 3 is 2.86 bits per heavy atom. The number of fused-ring (bicyclic) bond motifs is 2. The summed E-state index contributed by atoms with van der Waals surface area (Å²) in [6.45, 7) is 2.43. The van der Waals surface area contributed by atoms with Gasteiger partial charge in [0.05, 0.1) is 34.8 Å². The molecule has 4 aromatic heterocycles. The number of aromatic nitrogens is 7. The van der Waals surface area contributed by atoms with Gasteiger partial charge in [0, 0.05) is 23.5 Å². The summed E-state index contributed by atoms with van der Waals surface area (Å²) in [5.74, 6) is -0.336. The third-order valence-corrected chi connectivity index (χ3v) is 5.06. The van der Waals surface area contributed by atoms with Crippen LogP contribution in [0.25, 0.3) is 33.1 Å². The predicted molar refractivity (Wildman–Crippen MR) is 110 cm³/mol. The van der Waals surface area contributed by atoms with E-state index in [-0.39, 0.29) is 5.91 Å². The molecule has 0 atom stereocenters. The van der Waals surface area contributed by atoms with Gasteiger partial charge in [0.15, 0.2) is 5.65 Å². The number of nitrogens with zero attached hydrogens (tertiary/aromatic N) is 5. The van der Waals surface area contributed by atoms with E-state index >= 15 is 0 Å². The average molecular weight is 407 g/mol. The highest BCUT2D eigenvalue weighted by Crippen LogP contribution is 2.33. The third-order valence-electron chi connectivity index (χ3n) is 4.78. The summed E-state index contributed by atoms with van der Waals surface area (Å²) in [5.41, 5.74) is 4.24. The van der Waals surface area contributed by atoms with E-state index in [1.807, 2.05) is 25.1 Å². The average Bonchev–Trinajstić information content (AvgIpc) is 3.46. The van der Waals surface area contributed by atoms with E-state index < -0.39 is 0 Å². The second kappa shape index (κ2) is 6.71. The van der Waals surface area contributed by atoms with Crippen LogP contribution in [-0.4, -0.2) is 41.1 Å². The Hall–Kier alpha value is -3.72. The summed E-state index contributed by atoms with van der Waals surface area (Å²) >= 11 is 6.18. The second-order valence-corrected chi connectivity index (χ2v) is 6.86. The maximum Gasteiger partial charge on any atom is 0.275 e. The number of rotatable bonds is 4. The molecule has 5 rings (SSSR count). The fraction of sp³-hybridized carbons (Fsp3) is 0.105. The molecule has 0 aliphatic heterocycles. The van der Waals surface area contributed by atoms with Crippen LogP contribution in [0.15, 0.2) is 43.0 Å². The largest absolute Gasteiger partial charge is 0.320 e. The van der Waals surface area contributed by atoms with E-state index in [1.54, 1.807) is 23.3 Å². The maximum absolute atomic E-state index is 12.9. The van der Waals surface area contributed by atoms with Crippen molar-refractivity contribution in [3.8, 4) is 11.1 Å². The first kappa shape index (κ1) is 17.4. The highest BCUT2D eigenvalue weighted by Gasteiger charge is 2.19. The van der Waals surface area contributed by atoms with Gasteiger partial charge in [-0.15, -0.1) is 0 Å². The Balaban J connectivity index is 1.63. The fourth-order valence-corrected chi connectivity index (χ4v) is 3.65. The predicted octanol–water partition coefficient (Wildman–Crippen LogP) is 3.62. The molecule has 0 fully saturated rings. The molecule has 0 spiro atoms. The van der Waals surface area contributed by atoms with Crippen LogP contribution in [-0.2, 0) is 6.54 Å². The number of amides is 1. The highest BCUT2D eigenvalue weighted by atomic mass is 35.5. The second-order valence-electron chi connectivity index (χ2n) is 6.46. The minimum absolute atomic E-state index is 0.304. The van der Waals surface area contributed by atoms with Crippen molar-refractivity contribution in [3.05, 3.63) is 53.7 Å². The van der Waals surface area contributed by atoms with Gasteiger partial charge in [-0.3, -0.25) is 19.7 Å². The molecule has 0 bridgehead atoms. The minimum Gasteiger partial charge on any atom is -0.320 e. The zero-order chi connectivity index (χ0) is 20.0. The summed E-state index contributed by atoms with van der Waals surface area (Å²) < 4.78 is 1.56. The molecular formula is C19H15ClN8O. The fourth-order valence-electron chi connectivity index (χ4n) is 3.42. The van der Waals surface area contributed by atoms with E-state index in [1.165, 1.54) is 6.20 Å². The number of carbonyl (C=O) groups is 1. The number of hydrogen-bond acceptors (Lipinski definition) is 5. The van der Waals surface area contributed by atoms with Gasteiger partial charge in [0.1, 0.15) is 5.69 Å². The standard InChI is InChI=1S/C19H15ClN8O/c1-2-28-17(14(20)9-24-28)19(29)25-15-5-10(6-16-13(15)8-22-26-16)11-3-4-21-18-12(11)7-23-27-18/h3-9H,2H2,1H3,(H,22,26)(H,25,29)(H,21,23,27). The van der Waals surface area contributed by atoms with E-state index in [9.17, 15) is 4.79 Å². The van der Waals surface area contributed by atoms with E-state index in [0.29, 0.717) is 28.6 Å². The number of anilines is 1. The van der Waals surface area contributed by atoms with Crippen LogP contribution >= 0.6 is 11.6 Å². The molecule has 5 aromatic rings. The van der Waals surface area contributed by atoms with Gasteiger partial charge in [-0.2, -0.15) is 15.3 Å². The lowest BCUT2D eigenvalue weighted by Crippen LogP contribution is -2.18. The van der Waals surface area contributed by atoms with Crippen molar-refractivity contribution in [1.82, 2.24) is 35.2 Å². The molecule has 4 heterocycles. The summed E-state index contributed by atoms with van der Waals surface area (Å²) in [6, 6.07) is 5.78. The molecule has 0 unspecified atom stereocenters. The molecule has 29 heavy (non-hydrogen) atoms. The molecule has 0 aliphatic carbocycles. The Kier molecular flexibility index (Phi) is 4.02. The zero-order valence-electron chi connectivity index (χ0n) is 15.3. The van der Waals surface area contributed by atoms with Gasteiger partial charge in [0.25, 0.3) is 5.91 Å². The van der Waals surface area contributed by atoms with Crippen LogP contribution in [0.5, 0.6) is 0 Å². The van der Waals surface area contributed by atoms with Crippen LogP contribution in [0.4, 0.5) is 5.69 Å². The van der Waals surface area contributed by atoms with Crippen molar-refractivity contribution in [2.24, 2.45) is 0 Å². The number of aromatic amines is 2.